The van der Waals surface area contributed by atoms with Gasteiger partial charge in [0.1, 0.15) is 6.54 Å². The summed E-state index contributed by atoms with van der Waals surface area (Å²) in [5, 5.41) is 4.76. The Hall–Kier alpha value is -3.03. The first kappa shape index (κ1) is 18.3. The molecule has 0 heterocycles. The number of carbonyl (C=O) groups excluding carboxylic acids is 2. The Morgan fingerprint density at radius 3 is 2.28 bits per heavy atom. The van der Waals surface area contributed by atoms with Gasteiger partial charge < -0.3 is 15.4 Å². The highest BCUT2D eigenvalue weighted by Crippen LogP contribution is 2.24. The van der Waals surface area contributed by atoms with Crippen LogP contribution in [0.4, 0.5) is 24.5 Å². The van der Waals surface area contributed by atoms with Gasteiger partial charge >= 0.3 is 12.1 Å². The van der Waals surface area contributed by atoms with Gasteiger partial charge in [-0.15, -0.1) is 0 Å². The minimum Gasteiger partial charge on any atom is -0.465 e. The summed E-state index contributed by atoms with van der Waals surface area (Å²) in [6, 6.07) is 11.8. The van der Waals surface area contributed by atoms with Crippen LogP contribution in [0.1, 0.15) is 20.7 Å². The van der Waals surface area contributed by atoms with Gasteiger partial charge in [0.2, 0.25) is 0 Å². The lowest BCUT2D eigenvalue weighted by atomic mass is 10.1. The molecule has 0 bridgehead atoms. The number of nitrogens with one attached hydrogen (secondary N) is 2. The third-order valence-electron chi connectivity index (χ3n) is 3.20. The molecular formula is C17H15F3N2O3. The van der Waals surface area contributed by atoms with Crippen molar-refractivity contribution in [1.82, 2.24) is 0 Å². The van der Waals surface area contributed by atoms with Crippen molar-refractivity contribution in [2.45, 2.75) is 6.18 Å². The standard InChI is InChI=1S/C17H15F3N2O3/c1-25-16(24)12-6-4-5-11(9-12)15(23)22-14-8-3-2-7-13(14)21-10-17(18,19)20/h2-9,21H,10H2,1H3,(H,22,23). The minimum atomic E-state index is -4.38. The highest BCUT2D eigenvalue weighted by Gasteiger charge is 2.27. The summed E-state index contributed by atoms with van der Waals surface area (Å²) < 4.78 is 41.7. The summed E-state index contributed by atoms with van der Waals surface area (Å²) in [5.41, 5.74) is 0.699. The van der Waals surface area contributed by atoms with Crippen LogP contribution in [0.5, 0.6) is 0 Å². The van der Waals surface area contributed by atoms with Gasteiger partial charge in [0.05, 0.1) is 24.0 Å². The second-order valence-electron chi connectivity index (χ2n) is 5.04. The number of esters is 1. The first-order valence-corrected chi connectivity index (χ1v) is 7.19. The molecule has 0 spiro atoms. The first-order chi connectivity index (χ1) is 11.8. The second kappa shape index (κ2) is 7.69. The van der Waals surface area contributed by atoms with E-state index in [1.807, 2.05) is 0 Å². The van der Waals surface area contributed by atoms with Crippen molar-refractivity contribution in [1.29, 1.82) is 0 Å². The third kappa shape index (κ3) is 5.23. The molecule has 5 nitrogen and oxygen atoms in total. The number of hydrogen-bond acceptors (Lipinski definition) is 4. The number of hydrogen-bond donors (Lipinski definition) is 2. The van der Waals surface area contributed by atoms with E-state index in [0.29, 0.717) is 0 Å². The summed E-state index contributed by atoms with van der Waals surface area (Å²) in [4.78, 5) is 23.8. The number of para-hydroxylation sites is 2. The van der Waals surface area contributed by atoms with Crippen LogP contribution in [0.3, 0.4) is 0 Å². The van der Waals surface area contributed by atoms with E-state index in [9.17, 15) is 22.8 Å². The molecule has 0 fully saturated rings. The summed E-state index contributed by atoms with van der Waals surface area (Å²) in [6.45, 7) is -1.22. The van der Waals surface area contributed by atoms with Crippen molar-refractivity contribution in [2.24, 2.45) is 0 Å². The Morgan fingerprint density at radius 1 is 1.00 bits per heavy atom. The molecule has 0 aliphatic rings. The molecule has 0 saturated carbocycles. The Kier molecular flexibility index (Phi) is 5.63. The van der Waals surface area contributed by atoms with E-state index >= 15 is 0 Å². The number of amides is 1. The Balaban J connectivity index is 2.17. The Bertz CT molecular complexity index is 776. The highest BCUT2D eigenvalue weighted by molar-refractivity contribution is 6.07. The molecule has 0 saturated heterocycles. The highest BCUT2D eigenvalue weighted by atomic mass is 19.4. The largest absolute Gasteiger partial charge is 0.465 e. The first-order valence-electron chi connectivity index (χ1n) is 7.19. The molecule has 2 aromatic carbocycles. The van der Waals surface area contributed by atoms with E-state index in [-0.39, 0.29) is 22.5 Å². The summed E-state index contributed by atoms with van der Waals surface area (Å²) >= 11 is 0. The zero-order valence-electron chi connectivity index (χ0n) is 13.2. The maximum Gasteiger partial charge on any atom is 0.405 e. The van der Waals surface area contributed by atoms with Gasteiger partial charge in [-0.2, -0.15) is 13.2 Å². The predicted molar refractivity (Wildman–Crippen MR) is 86.7 cm³/mol. The Morgan fingerprint density at radius 2 is 1.64 bits per heavy atom. The lowest BCUT2D eigenvalue weighted by Crippen LogP contribution is -2.22. The fourth-order valence-corrected chi connectivity index (χ4v) is 2.04. The fourth-order valence-electron chi connectivity index (χ4n) is 2.04. The molecule has 0 aliphatic heterocycles. The smallest absolute Gasteiger partial charge is 0.405 e. The van der Waals surface area contributed by atoms with Gasteiger partial charge in [-0.3, -0.25) is 4.79 Å². The number of alkyl halides is 3. The fraction of sp³-hybridized carbons (Fsp3) is 0.176. The SMILES string of the molecule is COC(=O)c1cccc(C(=O)Nc2ccccc2NCC(F)(F)F)c1. The molecule has 2 aromatic rings. The molecule has 8 heteroatoms. The molecular weight excluding hydrogens is 337 g/mol. The van der Waals surface area contributed by atoms with Gasteiger partial charge in [-0.1, -0.05) is 18.2 Å². The molecule has 0 aromatic heterocycles. The van der Waals surface area contributed by atoms with Crippen LogP contribution in [-0.4, -0.2) is 31.7 Å². The molecule has 25 heavy (non-hydrogen) atoms. The average Bonchev–Trinajstić information content (AvgIpc) is 2.59. The average molecular weight is 352 g/mol. The van der Waals surface area contributed by atoms with Crippen molar-refractivity contribution < 1.29 is 27.5 Å². The minimum absolute atomic E-state index is 0.136. The van der Waals surface area contributed by atoms with Crippen LogP contribution in [0.2, 0.25) is 0 Å². The van der Waals surface area contributed by atoms with E-state index in [1.165, 1.54) is 43.5 Å². The number of halogens is 3. The van der Waals surface area contributed by atoms with Crippen LogP contribution < -0.4 is 10.6 Å². The summed E-state index contributed by atoms with van der Waals surface area (Å²) in [6.07, 6.45) is -4.38. The quantitative estimate of drug-likeness (QED) is 0.805. The van der Waals surface area contributed by atoms with E-state index in [4.69, 9.17) is 0 Å². The van der Waals surface area contributed by atoms with E-state index in [2.05, 4.69) is 15.4 Å². The normalized spacial score (nSPS) is 10.9. The molecule has 2 rings (SSSR count). The molecule has 132 valence electrons. The van der Waals surface area contributed by atoms with Gasteiger partial charge in [-0.25, -0.2) is 4.79 Å². The third-order valence-corrected chi connectivity index (χ3v) is 3.20. The second-order valence-corrected chi connectivity index (χ2v) is 5.04. The van der Waals surface area contributed by atoms with Crippen LogP contribution in [0.15, 0.2) is 48.5 Å². The van der Waals surface area contributed by atoms with E-state index in [0.717, 1.165) is 0 Å². The van der Waals surface area contributed by atoms with Crippen LogP contribution in [-0.2, 0) is 4.74 Å². The molecule has 0 radical (unpaired) electrons. The predicted octanol–water partition coefficient (Wildman–Crippen LogP) is 3.70. The molecule has 2 N–H and O–H groups in total. The maximum absolute atomic E-state index is 12.4. The van der Waals surface area contributed by atoms with Crippen LogP contribution in [0.25, 0.3) is 0 Å². The lowest BCUT2D eigenvalue weighted by Gasteiger charge is -2.14. The monoisotopic (exact) mass is 352 g/mol. The number of benzene rings is 2. The van der Waals surface area contributed by atoms with Crippen LogP contribution >= 0.6 is 0 Å². The van der Waals surface area contributed by atoms with Crippen molar-refractivity contribution in [2.75, 3.05) is 24.3 Å². The van der Waals surface area contributed by atoms with Crippen molar-refractivity contribution in [3.8, 4) is 0 Å². The molecule has 0 unspecified atom stereocenters. The number of ether oxygens (including phenoxy) is 1. The van der Waals surface area contributed by atoms with Crippen molar-refractivity contribution in [3.05, 3.63) is 59.7 Å². The van der Waals surface area contributed by atoms with Gasteiger partial charge in [0.15, 0.2) is 0 Å². The zero-order chi connectivity index (χ0) is 18.4. The zero-order valence-corrected chi connectivity index (χ0v) is 13.2. The van der Waals surface area contributed by atoms with Crippen molar-refractivity contribution in [3.63, 3.8) is 0 Å². The topological polar surface area (TPSA) is 67.4 Å². The lowest BCUT2D eigenvalue weighted by molar-refractivity contribution is -0.115. The van der Waals surface area contributed by atoms with E-state index < -0.39 is 24.6 Å². The van der Waals surface area contributed by atoms with Gasteiger partial charge in [-0.05, 0) is 30.3 Å². The van der Waals surface area contributed by atoms with Crippen LogP contribution in [0, 0.1) is 0 Å². The number of carbonyl (C=O) groups is 2. The summed E-state index contributed by atoms with van der Waals surface area (Å²) in [7, 11) is 1.22. The maximum atomic E-state index is 12.4. The van der Waals surface area contributed by atoms with Gasteiger partial charge in [0.25, 0.3) is 5.91 Å². The van der Waals surface area contributed by atoms with Gasteiger partial charge in [0, 0.05) is 5.56 Å². The molecule has 1 amide bonds. The molecule has 0 atom stereocenters. The number of anilines is 2. The Labute approximate surface area is 141 Å². The van der Waals surface area contributed by atoms with Crippen molar-refractivity contribution >= 4 is 23.3 Å². The molecule has 0 aliphatic carbocycles. The van der Waals surface area contributed by atoms with E-state index in [1.54, 1.807) is 12.1 Å². The number of methoxy groups -OCH3 is 1. The number of rotatable bonds is 5. The summed E-state index contributed by atoms with van der Waals surface area (Å²) in [5.74, 6) is -1.16.